The molecule has 0 aliphatic rings. The summed E-state index contributed by atoms with van der Waals surface area (Å²) >= 11 is 6.13. The summed E-state index contributed by atoms with van der Waals surface area (Å²) in [4.78, 5) is 12.2. The highest BCUT2D eigenvalue weighted by molar-refractivity contribution is 6.33. The molecule has 0 aliphatic carbocycles. The van der Waals surface area contributed by atoms with Crippen molar-refractivity contribution in [2.45, 2.75) is 0 Å². The number of rotatable bonds is 4. The monoisotopic (exact) mass is 366 g/mol. The molecule has 0 fully saturated rings. The Morgan fingerprint density at radius 2 is 1.85 bits per heavy atom. The third kappa shape index (κ3) is 4.00. The van der Waals surface area contributed by atoms with E-state index in [9.17, 15) is 14.4 Å². The topological polar surface area (TPSA) is 66.0 Å². The van der Waals surface area contributed by atoms with E-state index < -0.39 is 11.7 Å². The van der Waals surface area contributed by atoms with E-state index in [4.69, 9.17) is 16.0 Å². The van der Waals surface area contributed by atoms with E-state index in [0.717, 1.165) is 0 Å². The molecule has 0 atom stereocenters. The summed E-state index contributed by atoms with van der Waals surface area (Å²) in [5.74, 6) is -0.166. The average molecular weight is 367 g/mol. The Morgan fingerprint density at radius 1 is 1.12 bits per heavy atom. The zero-order valence-electron chi connectivity index (χ0n) is 13.4. The first-order chi connectivity index (χ1) is 12.6. The molecule has 0 spiro atoms. The Hall–Kier alpha value is -3.36. The van der Waals surface area contributed by atoms with Gasteiger partial charge in [0.25, 0.3) is 5.91 Å². The summed E-state index contributed by atoms with van der Waals surface area (Å²) in [6, 6.07) is 17.6. The van der Waals surface area contributed by atoms with Crippen molar-refractivity contribution in [3.05, 3.63) is 82.8 Å². The van der Waals surface area contributed by atoms with Crippen molar-refractivity contribution in [1.82, 2.24) is 0 Å². The summed E-state index contributed by atoms with van der Waals surface area (Å²) in [7, 11) is 0. The zero-order valence-corrected chi connectivity index (χ0v) is 14.1. The molecule has 26 heavy (non-hydrogen) atoms. The maximum atomic E-state index is 12.9. The molecule has 0 aliphatic heterocycles. The van der Waals surface area contributed by atoms with Crippen LogP contribution in [-0.2, 0) is 4.79 Å². The number of benzene rings is 2. The van der Waals surface area contributed by atoms with Crippen molar-refractivity contribution in [2.75, 3.05) is 5.32 Å². The lowest BCUT2D eigenvalue weighted by molar-refractivity contribution is -0.112. The second-order valence-electron chi connectivity index (χ2n) is 5.31. The normalized spacial score (nSPS) is 11.0. The van der Waals surface area contributed by atoms with E-state index in [-0.39, 0.29) is 5.57 Å². The Bertz CT molecular complexity index is 1020. The first kappa shape index (κ1) is 17.5. The Morgan fingerprint density at radius 3 is 2.54 bits per heavy atom. The molecule has 3 rings (SSSR count). The van der Waals surface area contributed by atoms with E-state index in [1.165, 1.54) is 30.3 Å². The molecule has 0 unspecified atom stereocenters. The third-order valence-electron chi connectivity index (χ3n) is 3.52. The second-order valence-corrected chi connectivity index (χ2v) is 5.72. The number of nitriles is 1. The molecule has 1 aromatic heterocycles. The molecule has 6 heteroatoms. The molecule has 4 nitrogen and oxygen atoms in total. The number of hydrogen-bond acceptors (Lipinski definition) is 3. The molecular formula is C20H12ClFN2O2. The molecular weight excluding hydrogens is 355 g/mol. The Kier molecular flexibility index (Phi) is 5.16. The van der Waals surface area contributed by atoms with Crippen LogP contribution in [0, 0.1) is 17.1 Å². The van der Waals surface area contributed by atoms with Crippen molar-refractivity contribution >= 4 is 29.3 Å². The molecule has 1 amide bonds. The number of nitrogens with one attached hydrogen (secondary N) is 1. The first-order valence-electron chi connectivity index (χ1n) is 7.60. The fraction of sp³-hybridized carbons (Fsp3) is 0. The van der Waals surface area contributed by atoms with E-state index in [2.05, 4.69) is 5.32 Å². The van der Waals surface area contributed by atoms with Crippen LogP contribution >= 0.6 is 11.6 Å². The summed E-state index contributed by atoms with van der Waals surface area (Å²) < 4.78 is 18.6. The summed E-state index contributed by atoms with van der Waals surface area (Å²) in [5, 5.41) is 12.3. The zero-order chi connectivity index (χ0) is 18.5. The highest BCUT2D eigenvalue weighted by atomic mass is 35.5. The van der Waals surface area contributed by atoms with Gasteiger partial charge in [-0.1, -0.05) is 23.7 Å². The number of anilines is 1. The van der Waals surface area contributed by atoms with Gasteiger partial charge >= 0.3 is 0 Å². The van der Waals surface area contributed by atoms with Crippen LogP contribution in [0.4, 0.5) is 10.1 Å². The molecule has 0 saturated carbocycles. The van der Waals surface area contributed by atoms with Crippen molar-refractivity contribution < 1.29 is 13.6 Å². The predicted octanol–water partition coefficient (Wildman–Crippen LogP) is 5.28. The van der Waals surface area contributed by atoms with E-state index in [0.29, 0.717) is 27.8 Å². The summed E-state index contributed by atoms with van der Waals surface area (Å²) in [6.07, 6.45) is 1.33. The molecule has 128 valence electrons. The van der Waals surface area contributed by atoms with Crippen molar-refractivity contribution in [3.63, 3.8) is 0 Å². The average Bonchev–Trinajstić information content (AvgIpc) is 3.10. The molecule has 1 N–H and O–H groups in total. The number of carbonyl (C=O) groups excluding carboxylic acids is 1. The minimum atomic E-state index is -0.616. The van der Waals surface area contributed by atoms with Gasteiger partial charge in [0.1, 0.15) is 29.0 Å². The van der Waals surface area contributed by atoms with Crippen LogP contribution in [0.5, 0.6) is 0 Å². The van der Waals surface area contributed by atoms with Gasteiger partial charge in [-0.2, -0.15) is 5.26 Å². The van der Waals surface area contributed by atoms with Gasteiger partial charge in [-0.3, -0.25) is 4.79 Å². The summed E-state index contributed by atoms with van der Waals surface area (Å²) in [5.41, 5.74) is 0.950. The SMILES string of the molecule is N#C/C(=C\c1ccc(-c2ccccc2Cl)o1)C(=O)Nc1ccc(F)cc1. The van der Waals surface area contributed by atoms with E-state index in [1.54, 1.807) is 24.3 Å². The fourth-order valence-electron chi connectivity index (χ4n) is 2.26. The Labute approximate surface area is 154 Å². The lowest BCUT2D eigenvalue weighted by atomic mass is 10.2. The van der Waals surface area contributed by atoms with Crippen molar-refractivity contribution in [3.8, 4) is 17.4 Å². The molecule has 0 saturated heterocycles. The number of carbonyl (C=O) groups is 1. The van der Waals surface area contributed by atoms with E-state index >= 15 is 0 Å². The number of halogens is 2. The molecule has 0 radical (unpaired) electrons. The van der Waals surface area contributed by atoms with Crippen LogP contribution in [0.25, 0.3) is 17.4 Å². The molecule has 2 aromatic carbocycles. The van der Waals surface area contributed by atoms with Gasteiger partial charge in [0, 0.05) is 17.3 Å². The van der Waals surface area contributed by atoms with Gasteiger partial charge in [-0.25, -0.2) is 4.39 Å². The standard InChI is InChI=1S/C20H12ClFN2O2/c21-18-4-2-1-3-17(18)19-10-9-16(26-19)11-13(12-23)20(25)24-15-7-5-14(22)6-8-15/h1-11H,(H,24,25)/b13-11+. The lowest BCUT2D eigenvalue weighted by Gasteiger charge is -2.03. The smallest absolute Gasteiger partial charge is 0.266 e. The minimum absolute atomic E-state index is 0.144. The fourth-order valence-corrected chi connectivity index (χ4v) is 2.49. The van der Waals surface area contributed by atoms with Gasteiger partial charge < -0.3 is 9.73 Å². The third-order valence-corrected chi connectivity index (χ3v) is 3.85. The summed E-state index contributed by atoms with van der Waals surface area (Å²) in [6.45, 7) is 0. The molecule has 1 heterocycles. The van der Waals surface area contributed by atoms with Gasteiger partial charge in [-0.15, -0.1) is 0 Å². The quantitative estimate of drug-likeness (QED) is 0.504. The van der Waals surface area contributed by atoms with Crippen LogP contribution in [0.3, 0.4) is 0 Å². The molecule has 0 bridgehead atoms. The first-order valence-corrected chi connectivity index (χ1v) is 7.98. The maximum absolute atomic E-state index is 12.9. The Balaban J connectivity index is 1.81. The van der Waals surface area contributed by atoms with Gasteiger partial charge in [0.05, 0.1) is 5.02 Å². The van der Waals surface area contributed by atoms with Crippen LogP contribution < -0.4 is 5.32 Å². The maximum Gasteiger partial charge on any atom is 0.266 e. The largest absolute Gasteiger partial charge is 0.457 e. The van der Waals surface area contributed by atoms with E-state index in [1.807, 2.05) is 18.2 Å². The van der Waals surface area contributed by atoms with Crippen molar-refractivity contribution in [1.29, 1.82) is 5.26 Å². The van der Waals surface area contributed by atoms with Gasteiger partial charge in [0.2, 0.25) is 0 Å². The number of furan rings is 1. The van der Waals surface area contributed by atoms with Crippen LogP contribution in [0.15, 0.2) is 70.7 Å². The van der Waals surface area contributed by atoms with Crippen LogP contribution in [0.2, 0.25) is 5.02 Å². The van der Waals surface area contributed by atoms with Gasteiger partial charge in [-0.05, 0) is 48.5 Å². The minimum Gasteiger partial charge on any atom is -0.457 e. The number of nitrogens with zero attached hydrogens (tertiary/aromatic N) is 1. The predicted molar refractivity (Wildman–Crippen MR) is 97.8 cm³/mol. The van der Waals surface area contributed by atoms with Crippen molar-refractivity contribution in [2.24, 2.45) is 0 Å². The lowest BCUT2D eigenvalue weighted by Crippen LogP contribution is -2.13. The van der Waals surface area contributed by atoms with Crippen LogP contribution in [0.1, 0.15) is 5.76 Å². The highest BCUT2D eigenvalue weighted by Gasteiger charge is 2.12. The highest BCUT2D eigenvalue weighted by Crippen LogP contribution is 2.29. The van der Waals surface area contributed by atoms with Crippen LogP contribution in [-0.4, -0.2) is 5.91 Å². The second kappa shape index (κ2) is 7.68. The number of amides is 1. The number of hydrogen-bond donors (Lipinski definition) is 1. The molecule has 3 aromatic rings. The van der Waals surface area contributed by atoms with Gasteiger partial charge in [0.15, 0.2) is 0 Å².